The van der Waals surface area contributed by atoms with Crippen molar-refractivity contribution in [2.45, 2.75) is 103 Å². The summed E-state index contributed by atoms with van der Waals surface area (Å²) in [5.41, 5.74) is 0.467. The van der Waals surface area contributed by atoms with Gasteiger partial charge < -0.3 is 25.0 Å². The molecule has 4 bridgehead atoms. The predicted molar refractivity (Wildman–Crippen MR) is 209 cm³/mol. The number of nitrogens with zero attached hydrogens (tertiary/aromatic N) is 3. The van der Waals surface area contributed by atoms with Crippen LogP contribution in [0.15, 0.2) is 54.6 Å². The number of fused-ring (bicyclic) bond motifs is 7. The number of cyclic esters (lactones) is 1. The molecule has 2 aliphatic heterocycles. The third-order valence-electron chi connectivity index (χ3n) is 11.1. The Balaban J connectivity index is 1.28. The van der Waals surface area contributed by atoms with E-state index in [2.05, 4.69) is 15.4 Å². The second-order valence-corrected chi connectivity index (χ2v) is 19.2. The molecule has 56 heavy (non-hydrogen) atoms. The maximum absolute atomic E-state index is 14.7. The summed E-state index contributed by atoms with van der Waals surface area (Å²) in [6.45, 7) is 11.1. The molecular formula is C41H50N6O8S. The Hall–Kier alpha value is -5.05. The van der Waals surface area contributed by atoms with Crippen LogP contribution in [0.5, 0.6) is 5.88 Å². The summed E-state index contributed by atoms with van der Waals surface area (Å²) in [6.07, 6.45) is 4.07. The number of alkyl carbamates (subject to hydrolysis) is 1. The van der Waals surface area contributed by atoms with E-state index in [1.165, 1.54) is 4.90 Å². The fourth-order valence-corrected chi connectivity index (χ4v) is 8.83. The summed E-state index contributed by atoms with van der Waals surface area (Å²) in [7, 11) is -3.88. The first-order chi connectivity index (χ1) is 26.4. The van der Waals surface area contributed by atoms with Gasteiger partial charge >= 0.3 is 6.09 Å². The number of para-hydroxylation sites is 2. The zero-order chi connectivity index (χ0) is 40.2. The van der Waals surface area contributed by atoms with E-state index in [0.29, 0.717) is 36.0 Å². The topological polar surface area (TPSA) is 186 Å². The molecule has 0 radical (unpaired) electrons. The van der Waals surface area contributed by atoms with Crippen LogP contribution in [0.25, 0.3) is 28.4 Å². The molecular weight excluding hydrogens is 737 g/mol. The predicted octanol–water partition coefficient (Wildman–Crippen LogP) is 4.73. The number of carbonyl (C=O) groups excluding carboxylic acids is 4. The van der Waals surface area contributed by atoms with Gasteiger partial charge in [-0.2, -0.15) is 0 Å². The Morgan fingerprint density at radius 3 is 2.41 bits per heavy atom. The molecule has 7 rings (SSSR count). The first-order valence-electron chi connectivity index (χ1n) is 19.2. The number of benzene rings is 2. The second-order valence-electron chi connectivity index (χ2n) is 17.3. The molecule has 0 spiro atoms. The third-order valence-corrected chi connectivity index (χ3v) is 12.9. The lowest BCUT2D eigenvalue weighted by molar-refractivity contribution is -0.143. The van der Waals surface area contributed by atoms with Gasteiger partial charge in [0.1, 0.15) is 36.0 Å². The van der Waals surface area contributed by atoms with Crippen molar-refractivity contribution in [3.63, 3.8) is 0 Å². The Kier molecular flexibility index (Phi) is 10.1. The average molecular weight is 787 g/mol. The fourth-order valence-electron chi connectivity index (χ4n) is 7.47. The molecule has 15 heteroatoms. The number of nitrogens with one attached hydrogen (secondary N) is 3. The minimum atomic E-state index is -3.88. The van der Waals surface area contributed by atoms with Crippen LogP contribution >= 0.6 is 0 Å². The largest absolute Gasteiger partial charge is 0.471 e. The summed E-state index contributed by atoms with van der Waals surface area (Å²) in [6, 6.07) is 12.9. The van der Waals surface area contributed by atoms with Crippen LogP contribution in [-0.2, 0) is 29.1 Å². The van der Waals surface area contributed by atoms with Crippen molar-refractivity contribution in [2.75, 3.05) is 13.2 Å². The summed E-state index contributed by atoms with van der Waals surface area (Å²) in [4.78, 5) is 67.3. The maximum Gasteiger partial charge on any atom is 0.407 e. The van der Waals surface area contributed by atoms with Gasteiger partial charge in [0.05, 0.1) is 22.8 Å². The fraction of sp³-hybridized carbons (Fsp3) is 0.512. The molecule has 3 heterocycles. The number of amides is 4. The third kappa shape index (κ3) is 8.09. The van der Waals surface area contributed by atoms with Crippen molar-refractivity contribution in [1.82, 2.24) is 30.2 Å². The highest BCUT2D eigenvalue weighted by atomic mass is 32.2. The smallest absolute Gasteiger partial charge is 0.407 e. The number of sulfonamides is 1. The lowest BCUT2D eigenvalue weighted by atomic mass is 9.85. The first kappa shape index (κ1) is 39.2. The summed E-state index contributed by atoms with van der Waals surface area (Å²) < 4.78 is 40.1. The van der Waals surface area contributed by atoms with E-state index in [9.17, 15) is 27.6 Å². The van der Waals surface area contributed by atoms with Crippen LogP contribution in [0, 0.1) is 16.7 Å². The number of hydrogen-bond acceptors (Lipinski definition) is 10. The molecule has 2 aliphatic carbocycles. The summed E-state index contributed by atoms with van der Waals surface area (Å²) >= 11 is 0. The average Bonchev–Trinajstić information content (AvgIpc) is 4.08. The van der Waals surface area contributed by atoms with E-state index in [-0.39, 0.29) is 37.8 Å². The Morgan fingerprint density at radius 1 is 1.04 bits per heavy atom. The monoisotopic (exact) mass is 786 g/mol. The van der Waals surface area contributed by atoms with E-state index in [1.807, 2.05) is 81.5 Å². The van der Waals surface area contributed by atoms with E-state index < -0.39 is 73.6 Å². The Labute approximate surface area is 327 Å². The quantitative estimate of drug-likeness (QED) is 0.316. The van der Waals surface area contributed by atoms with Gasteiger partial charge in [-0.15, -0.1) is 0 Å². The molecule has 2 saturated carbocycles. The van der Waals surface area contributed by atoms with Crippen LogP contribution in [0.3, 0.4) is 0 Å². The van der Waals surface area contributed by atoms with Gasteiger partial charge in [-0.25, -0.2) is 23.2 Å². The Morgan fingerprint density at radius 2 is 1.75 bits per heavy atom. The lowest BCUT2D eigenvalue weighted by Gasteiger charge is -2.35. The molecule has 3 N–H and O–H groups in total. The van der Waals surface area contributed by atoms with Crippen LogP contribution < -0.4 is 20.1 Å². The van der Waals surface area contributed by atoms with Gasteiger partial charge in [-0.3, -0.25) is 19.1 Å². The van der Waals surface area contributed by atoms with Crippen molar-refractivity contribution in [3.8, 4) is 17.1 Å². The lowest BCUT2D eigenvalue weighted by Crippen LogP contribution is -2.60. The van der Waals surface area contributed by atoms with Gasteiger partial charge in [-0.05, 0) is 54.4 Å². The molecule has 4 amide bonds. The van der Waals surface area contributed by atoms with Crippen LogP contribution in [0.4, 0.5) is 4.79 Å². The highest BCUT2D eigenvalue weighted by Crippen LogP contribution is 2.47. The van der Waals surface area contributed by atoms with Crippen molar-refractivity contribution < 1.29 is 37.1 Å². The van der Waals surface area contributed by atoms with Gasteiger partial charge in [0.2, 0.25) is 27.7 Å². The molecule has 1 saturated heterocycles. The molecule has 14 nitrogen and oxygen atoms in total. The highest BCUT2D eigenvalue weighted by molar-refractivity contribution is 7.91. The van der Waals surface area contributed by atoms with Crippen LogP contribution in [0.1, 0.15) is 79.2 Å². The van der Waals surface area contributed by atoms with E-state index >= 15 is 0 Å². The van der Waals surface area contributed by atoms with Gasteiger partial charge in [0.15, 0.2) is 0 Å². The van der Waals surface area contributed by atoms with Crippen LogP contribution in [-0.4, -0.2) is 89.2 Å². The maximum atomic E-state index is 14.7. The zero-order valence-corrected chi connectivity index (χ0v) is 33.4. The number of ether oxygens (including phenoxy) is 2. The highest BCUT2D eigenvalue weighted by Gasteiger charge is 2.62. The summed E-state index contributed by atoms with van der Waals surface area (Å²) in [5, 5.41) is 5.02. The van der Waals surface area contributed by atoms with Crippen LogP contribution in [0.2, 0.25) is 0 Å². The molecule has 1 aromatic heterocycles. The van der Waals surface area contributed by atoms with Crippen molar-refractivity contribution in [3.05, 3.63) is 60.2 Å². The first-order valence-corrected chi connectivity index (χ1v) is 20.8. The minimum absolute atomic E-state index is 0.0126. The van der Waals surface area contributed by atoms with E-state index in [1.54, 1.807) is 20.8 Å². The minimum Gasteiger partial charge on any atom is -0.471 e. The molecule has 5 atom stereocenters. The van der Waals surface area contributed by atoms with Crippen molar-refractivity contribution >= 4 is 50.9 Å². The Bertz CT molecular complexity index is 2210. The SMILES string of the molecule is CC[C@@H]1C[C@]1(NC(=O)[C@@H]1C[C@@H]2CN1C(=O)[C@H](C(C)(C)C)NC(=O)OCC(C)(C)/C=C/c1cccc(c1)-c1nc3ccccc3nc1O2)C(=O)NS(=O)(=O)C1CC1. The molecule has 2 aromatic carbocycles. The zero-order valence-electron chi connectivity index (χ0n) is 32.6. The number of rotatable bonds is 6. The number of aromatic nitrogens is 2. The van der Waals surface area contributed by atoms with Crippen molar-refractivity contribution in [2.24, 2.45) is 16.7 Å². The molecule has 3 fully saturated rings. The number of hydrogen-bond donors (Lipinski definition) is 3. The van der Waals surface area contributed by atoms with Gasteiger partial charge in [0.25, 0.3) is 5.91 Å². The summed E-state index contributed by atoms with van der Waals surface area (Å²) in [5.74, 6) is -2.04. The van der Waals surface area contributed by atoms with Crippen molar-refractivity contribution in [1.29, 1.82) is 0 Å². The molecule has 298 valence electrons. The van der Waals surface area contributed by atoms with E-state index in [0.717, 1.165) is 11.1 Å². The number of carbonyl (C=O) groups is 4. The molecule has 3 aromatic rings. The van der Waals surface area contributed by atoms with E-state index in [4.69, 9.17) is 19.4 Å². The molecule has 4 aliphatic rings. The van der Waals surface area contributed by atoms with Gasteiger partial charge in [-0.1, -0.05) is 90.4 Å². The van der Waals surface area contributed by atoms with Gasteiger partial charge in [0, 0.05) is 17.4 Å². The standard InChI is InChI=1S/C41H50N6O8S/c1-7-26-21-41(26,37(50)46-56(52,53)28-15-16-28)45-34(48)31-20-27-22-47(31)36(49)33(39(2,3)4)44-38(51)54-23-40(5,6)18-17-24-11-10-12-25(19-24)32-35(55-27)43-30-14-9-8-13-29(30)42-32/h8-14,17-19,26-28,31,33H,7,15-16,20-23H2,1-6H3,(H,44,51)(H,45,48)(H,46,50)/b18-17+/t26-,27-,31+,33-,41-/m1/s1. The second kappa shape index (κ2) is 14.5. The normalized spacial score (nSPS) is 27.1. The molecule has 0 unspecified atom stereocenters.